The van der Waals surface area contributed by atoms with Crippen LogP contribution in [0.25, 0.3) is 0 Å². The summed E-state index contributed by atoms with van der Waals surface area (Å²) < 4.78 is 4.80. The van der Waals surface area contributed by atoms with Crippen molar-refractivity contribution in [3.63, 3.8) is 0 Å². The molecule has 1 unspecified atom stereocenters. The van der Waals surface area contributed by atoms with E-state index in [1.807, 2.05) is 6.92 Å². The molecule has 0 aromatic carbocycles. The maximum atomic E-state index is 11.9. The van der Waals surface area contributed by atoms with Gasteiger partial charge in [-0.25, -0.2) is 0 Å². The molecule has 0 aromatic heterocycles. The van der Waals surface area contributed by atoms with Crippen molar-refractivity contribution < 1.29 is 4.79 Å². The summed E-state index contributed by atoms with van der Waals surface area (Å²) in [6.07, 6.45) is 7.97. The van der Waals surface area contributed by atoms with Gasteiger partial charge >= 0.3 is 119 Å². The van der Waals surface area contributed by atoms with Crippen molar-refractivity contribution in [1.29, 1.82) is 0 Å². The number of carbonyl (C=O) groups excluding carboxylic acids is 1. The van der Waals surface area contributed by atoms with Crippen molar-refractivity contribution in [3.05, 3.63) is 0 Å². The molecule has 1 nitrogen and oxygen atoms in total. The quantitative estimate of drug-likeness (QED) is 0.424. The van der Waals surface area contributed by atoms with E-state index in [0.29, 0.717) is 9.72 Å². The van der Waals surface area contributed by atoms with E-state index in [-0.39, 0.29) is 0 Å². The third-order valence-electron chi connectivity index (χ3n) is 4.61. The van der Waals surface area contributed by atoms with Crippen LogP contribution in [0.1, 0.15) is 73.1 Å². The number of hydrogen-bond acceptors (Lipinski definition) is 1. The van der Waals surface area contributed by atoms with Crippen LogP contribution >= 0.6 is 0 Å². The summed E-state index contributed by atoms with van der Waals surface area (Å²) in [5.74, 6) is 0.481. The summed E-state index contributed by atoms with van der Waals surface area (Å²) in [5.41, 5.74) is 0. The summed E-state index contributed by atoms with van der Waals surface area (Å²) in [7, 11) is 0. The van der Waals surface area contributed by atoms with Crippen molar-refractivity contribution in [2.75, 3.05) is 0 Å². The normalized spacial score (nSPS) is 13.6. The molecule has 0 bridgehead atoms. The first-order chi connectivity index (χ1) is 8.54. The Balaban J connectivity index is 4.89. The fourth-order valence-corrected chi connectivity index (χ4v) is 20.4. The average Bonchev–Trinajstić information content (AvgIpc) is 2.37. The molecule has 0 aliphatic heterocycles. The molecular weight excluding hydrogens is 327 g/mol. The molecule has 0 aliphatic rings. The molecule has 18 heavy (non-hydrogen) atoms. The number of rotatable bonds is 11. The number of carbonyl (C=O) groups is 1. The summed E-state index contributed by atoms with van der Waals surface area (Å²) in [5, 5.41) is 0. The molecule has 1 atom stereocenters. The Hall–Kier alpha value is 0.469. The van der Waals surface area contributed by atoms with Crippen LogP contribution in [-0.4, -0.2) is 24.2 Å². The van der Waals surface area contributed by atoms with Crippen LogP contribution in [0.15, 0.2) is 0 Å². The first kappa shape index (κ1) is 18.5. The first-order valence-corrected chi connectivity index (χ1v) is 15.7. The Bertz CT molecular complexity index is 203. The van der Waals surface area contributed by atoms with E-state index in [0.717, 1.165) is 0 Å². The second-order valence-electron chi connectivity index (χ2n) is 6.01. The predicted molar refractivity (Wildman–Crippen MR) is 85.0 cm³/mol. The van der Waals surface area contributed by atoms with E-state index in [9.17, 15) is 4.79 Å². The van der Waals surface area contributed by atoms with Gasteiger partial charge in [0.1, 0.15) is 0 Å². The Morgan fingerprint density at radius 3 is 1.44 bits per heavy atom. The van der Waals surface area contributed by atoms with Crippen molar-refractivity contribution in [3.8, 4) is 0 Å². The third kappa shape index (κ3) is 6.08. The standard InChI is InChI=1S/C4H7O.3C4H9.Sn/c1-3-4(2)5;3*1-3-4-2;/h3H,1-2H3;3*1,3-4H2,2H3;. The number of ketones is 1. The van der Waals surface area contributed by atoms with E-state index in [2.05, 4.69) is 27.7 Å². The van der Waals surface area contributed by atoms with Crippen molar-refractivity contribution >= 4 is 24.2 Å². The molecule has 0 rings (SSSR count). The van der Waals surface area contributed by atoms with Crippen LogP contribution in [0.5, 0.6) is 0 Å². The monoisotopic (exact) mass is 362 g/mol. The predicted octanol–water partition coefficient (Wildman–Crippen LogP) is 5.81. The molecule has 0 saturated carbocycles. The van der Waals surface area contributed by atoms with E-state index < -0.39 is 18.4 Å². The topological polar surface area (TPSA) is 17.1 Å². The van der Waals surface area contributed by atoms with Gasteiger partial charge in [-0.05, 0) is 0 Å². The van der Waals surface area contributed by atoms with E-state index in [1.54, 1.807) is 0 Å². The van der Waals surface area contributed by atoms with Crippen LogP contribution in [0.2, 0.25) is 17.2 Å². The number of unbranched alkanes of at least 4 members (excludes halogenated alkanes) is 3. The van der Waals surface area contributed by atoms with Gasteiger partial charge in [0.05, 0.1) is 0 Å². The van der Waals surface area contributed by atoms with Gasteiger partial charge in [0.25, 0.3) is 0 Å². The molecule has 0 radical (unpaired) electrons. The minimum atomic E-state index is -2.22. The third-order valence-corrected chi connectivity index (χ3v) is 22.6. The van der Waals surface area contributed by atoms with Gasteiger partial charge in [-0.15, -0.1) is 0 Å². The summed E-state index contributed by atoms with van der Waals surface area (Å²) >= 11 is -2.22. The molecule has 108 valence electrons. The molecule has 2 heteroatoms. The Morgan fingerprint density at radius 1 is 0.889 bits per heavy atom. The minimum absolute atomic E-state index is 0.448. The van der Waals surface area contributed by atoms with Crippen molar-refractivity contribution in [2.45, 2.75) is 90.4 Å². The SMILES string of the molecule is CCC[CH2][Sn]([CH2]CCC)([CH2]CCC)[CH](C)C(C)=O. The van der Waals surface area contributed by atoms with Gasteiger partial charge in [0.15, 0.2) is 0 Å². The molecule has 0 saturated heterocycles. The second kappa shape index (κ2) is 10.3. The Morgan fingerprint density at radius 2 is 1.22 bits per heavy atom. The average molecular weight is 361 g/mol. The van der Waals surface area contributed by atoms with Crippen LogP contribution in [-0.2, 0) is 4.79 Å². The Labute approximate surface area is 119 Å². The van der Waals surface area contributed by atoms with Gasteiger partial charge in [0, 0.05) is 0 Å². The summed E-state index contributed by atoms with van der Waals surface area (Å²) in [6.45, 7) is 11.0. The molecule has 0 fully saturated rings. The van der Waals surface area contributed by atoms with E-state index >= 15 is 0 Å². The zero-order chi connectivity index (χ0) is 14.0. The first-order valence-electron chi connectivity index (χ1n) is 8.04. The Kier molecular flexibility index (Phi) is 10.5. The zero-order valence-corrected chi connectivity index (χ0v) is 16.2. The molecule has 0 aliphatic carbocycles. The second-order valence-corrected chi connectivity index (χ2v) is 20.5. The maximum absolute atomic E-state index is 11.9. The van der Waals surface area contributed by atoms with E-state index in [4.69, 9.17) is 0 Å². The summed E-state index contributed by atoms with van der Waals surface area (Å²) in [4.78, 5) is 11.9. The van der Waals surface area contributed by atoms with Crippen LogP contribution in [0, 0.1) is 0 Å². The molecule has 0 spiro atoms. The van der Waals surface area contributed by atoms with Gasteiger partial charge in [-0.3, -0.25) is 0 Å². The molecule has 0 N–H and O–H groups in total. The fraction of sp³-hybridized carbons (Fsp3) is 0.938. The van der Waals surface area contributed by atoms with E-state index in [1.165, 1.54) is 51.8 Å². The number of Topliss-reactive ketones (excluding diaryl/α,β-unsaturated/α-hetero) is 1. The van der Waals surface area contributed by atoms with Crippen molar-refractivity contribution in [1.82, 2.24) is 0 Å². The fourth-order valence-electron chi connectivity index (χ4n) is 3.04. The van der Waals surface area contributed by atoms with Crippen LogP contribution in [0.4, 0.5) is 0 Å². The molecule has 0 heterocycles. The number of hydrogen-bond donors (Lipinski definition) is 0. The van der Waals surface area contributed by atoms with Gasteiger partial charge in [-0.2, -0.15) is 0 Å². The molecule has 0 aromatic rings. The van der Waals surface area contributed by atoms with Crippen LogP contribution < -0.4 is 0 Å². The van der Waals surface area contributed by atoms with Crippen LogP contribution in [0.3, 0.4) is 0 Å². The van der Waals surface area contributed by atoms with Gasteiger partial charge < -0.3 is 0 Å². The molecular formula is C16H34OSn. The molecule has 0 amide bonds. The van der Waals surface area contributed by atoms with Gasteiger partial charge in [-0.1, -0.05) is 0 Å². The zero-order valence-electron chi connectivity index (χ0n) is 13.3. The van der Waals surface area contributed by atoms with Crippen molar-refractivity contribution in [2.24, 2.45) is 0 Å². The van der Waals surface area contributed by atoms with Gasteiger partial charge in [0.2, 0.25) is 0 Å². The summed E-state index contributed by atoms with van der Waals surface area (Å²) in [6, 6.07) is 0.